The van der Waals surface area contributed by atoms with E-state index < -0.39 is 5.60 Å². The summed E-state index contributed by atoms with van der Waals surface area (Å²) in [4.78, 5) is 18.0. The molecule has 5 heteroatoms. The third-order valence-electron chi connectivity index (χ3n) is 4.74. The first kappa shape index (κ1) is 8.31. The van der Waals surface area contributed by atoms with E-state index in [1.807, 2.05) is 6.08 Å². The molecule has 7 rings (SSSR count). The summed E-state index contributed by atoms with van der Waals surface area (Å²) in [6.07, 6.45) is 2.91. The van der Waals surface area contributed by atoms with Crippen LogP contribution in [0.2, 0.25) is 0 Å². The molecule has 0 N–H and O–H groups in total. The lowest BCUT2D eigenvalue weighted by atomic mass is 9.74. The van der Waals surface area contributed by atoms with Crippen molar-refractivity contribution in [3.63, 3.8) is 0 Å². The van der Waals surface area contributed by atoms with E-state index in [0.29, 0.717) is 5.92 Å². The van der Waals surface area contributed by atoms with Gasteiger partial charge in [-0.25, -0.2) is 5.06 Å². The second-order valence-electron chi connectivity index (χ2n) is 5.26. The van der Waals surface area contributed by atoms with Crippen LogP contribution >= 0.6 is 15.9 Å². The van der Waals surface area contributed by atoms with E-state index in [4.69, 9.17) is 9.57 Å². The number of carbonyl (C=O) groups excluding carboxylic acids is 1. The van der Waals surface area contributed by atoms with Gasteiger partial charge in [0.1, 0.15) is 16.3 Å². The first-order chi connectivity index (χ1) is 7.63. The molecule has 4 fully saturated rings. The number of amides is 1. The molecule has 0 unspecified atom stereocenters. The van der Waals surface area contributed by atoms with Crippen molar-refractivity contribution in [2.24, 2.45) is 11.3 Å². The highest BCUT2D eigenvalue weighted by molar-refractivity contribution is 9.12. The Hall–Kier alpha value is -0.810. The molecule has 4 nitrogen and oxygen atoms in total. The number of hydroxylamine groups is 2. The van der Waals surface area contributed by atoms with Gasteiger partial charge in [-0.05, 0) is 34.3 Å². The minimum atomic E-state index is -0.510. The second-order valence-corrected chi connectivity index (χ2v) is 6.05. The highest BCUT2D eigenvalue weighted by Crippen LogP contribution is 2.77. The molecule has 4 bridgehead atoms. The zero-order valence-corrected chi connectivity index (χ0v) is 10.1. The fourth-order valence-corrected chi connectivity index (χ4v) is 4.40. The molecular formula is C11H8BrNO3. The van der Waals surface area contributed by atoms with Crippen molar-refractivity contribution in [2.75, 3.05) is 0 Å². The quantitative estimate of drug-likeness (QED) is 0.675. The number of ether oxygens (including phenoxy) is 1. The summed E-state index contributed by atoms with van der Waals surface area (Å²) in [7, 11) is 0. The van der Waals surface area contributed by atoms with Gasteiger partial charge in [0.2, 0.25) is 0 Å². The van der Waals surface area contributed by atoms with E-state index in [9.17, 15) is 4.79 Å². The molecule has 2 spiro atoms. The summed E-state index contributed by atoms with van der Waals surface area (Å²) in [5.41, 5.74) is -0.849. The van der Waals surface area contributed by atoms with Crippen LogP contribution in [0.3, 0.4) is 0 Å². The SMILES string of the molecule is C[C@H]1C[C@@]12C(=O)N1O[C@]23C2=C(Br)C(=C[C@H]13)O2. The zero-order valence-electron chi connectivity index (χ0n) is 8.49. The summed E-state index contributed by atoms with van der Waals surface area (Å²) in [5.74, 6) is 2.22. The monoisotopic (exact) mass is 281 g/mol. The smallest absolute Gasteiger partial charge is 0.256 e. The largest absolute Gasteiger partial charge is 0.456 e. The van der Waals surface area contributed by atoms with Gasteiger partial charge in [0.25, 0.3) is 5.91 Å². The predicted molar refractivity (Wildman–Crippen MR) is 55.8 cm³/mol. The number of hydrogen-bond donors (Lipinski definition) is 0. The maximum atomic E-state index is 12.3. The molecule has 5 aliphatic heterocycles. The summed E-state index contributed by atoms with van der Waals surface area (Å²) in [5, 5.41) is 1.53. The van der Waals surface area contributed by atoms with E-state index in [1.54, 1.807) is 0 Å². The first-order valence-corrected chi connectivity index (χ1v) is 6.25. The van der Waals surface area contributed by atoms with E-state index in [-0.39, 0.29) is 17.4 Å². The minimum Gasteiger partial charge on any atom is -0.456 e. The van der Waals surface area contributed by atoms with E-state index in [2.05, 4.69) is 22.9 Å². The van der Waals surface area contributed by atoms with Gasteiger partial charge in [-0.1, -0.05) is 6.92 Å². The van der Waals surface area contributed by atoms with Crippen LogP contribution < -0.4 is 0 Å². The number of allylic oxidation sites excluding steroid dienone is 1. The van der Waals surface area contributed by atoms with E-state index >= 15 is 0 Å². The van der Waals surface area contributed by atoms with E-state index in [0.717, 1.165) is 22.4 Å². The summed E-state index contributed by atoms with van der Waals surface area (Å²) >= 11 is 3.50. The van der Waals surface area contributed by atoms with Crippen LogP contribution in [0.25, 0.3) is 0 Å². The van der Waals surface area contributed by atoms with Crippen LogP contribution in [-0.2, 0) is 14.4 Å². The van der Waals surface area contributed by atoms with Gasteiger partial charge >= 0.3 is 0 Å². The van der Waals surface area contributed by atoms with Gasteiger partial charge in [-0.15, -0.1) is 0 Å². The van der Waals surface area contributed by atoms with Crippen molar-refractivity contribution in [1.82, 2.24) is 5.06 Å². The summed E-state index contributed by atoms with van der Waals surface area (Å²) in [6.45, 7) is 2.11. The molecule has 0 aromatic rings. The fraction of sp³-hybridized carbons (Fsp3) is 0.545. The first-order valence-electron chi connectivity index (χ1n) is 5.46. The molecule has 1 saturated carbocycles. The van der Waals surface area contributed by atoms with Gasteiger partial charge in [0, 0.05) is 0 Å². The van der Waals surface area contributed by atoms with Crippen LogP contribution in [0.15, 0.2) is 22.1 Å². The molecule has 1 amide bonds. The Kier molecular flexibility index (Phi) is 0.978. The lowest BCUT2D eigenvalue weighted by Crippen LogP contribution is -2.66. The Morgan fingerprint density at radius 1 is 1.62 bits per heavy atom. The van der Waals surface area contributed by atoms with Crippen LogP contribution in [0.4, 0.5) is 0 Å². The number of halogens is 1. The molecule has 0 radical (unpaired) electrons. The molecule has 82 valence electrons. The molecule has 2 aliphatic carbocycles. The standard InChI is InChI=1S/C11H8BrNO3/c1-4-3-10(4)9(14)13-6-2-5-7(12)8(15-5)11(6,10)16-13/h2,4,6H,3H2,1H3/t4-,6-,10-,11+/m0/s1. The molecular weight excluding hydrogens is 274 g/mol. The molecule has 0 aromatic heterocycles. The Labute approximate surface area is 100.0 Å². The summed E-state index contributed by atoms with van der Waals surface area (Å²) in [6, 6.07) is 0.0741. The van der Waals surface area contributed by atoms with Crippen molar-refractivity contribution in [2.45, 2.75) is 25.0 Å². The van der Waals surface area contributed by atoms with Gasteiger partial charge in [-0.3, -0.25) is 9.63 Å². The van der Waals surface area contributed by atoms with Crippen LogP contribution in [0, 0.1) is 11.3 Å². The van der Waals surface area contributed by atoms with Crippen LogP contribution in [-0.4, -0.2) is 22.6 Å². The Balaban J connectivity index is 1.82. The average molecular weight is 282 g/mol. The summed E-state index contributed by atoms with van der Waals surface area (Å²) < 4.78 is 6.59. The van der Waals surface area contributed by atoms with Crippen molar-refractivity contribution in [3.05, 3.63) is 22.1 Å². The van der Waals surface area contributed by atoms with Crippen LogP contribution in [0.1, 0.15) is 13.3 Å². The predicted octanol–water partition coefficient (Wildman–Crippen LogP) is 1.44. The van der Waals surface area contributed by atoms with Gasteiger partial charge in [0.15, 0.2) is 11.4 Å². The molecule has 5 heterocycles. The maximum absolute atomic E-state index is 12.3. The minimum absolute atomic E-state index is 0.0741. The van der Waals surface area contributed by atoms with Crippen molar-refractivity contribution in [1.29, 1.82) is 0 Å². The molecule has 0 aromatic carbocycles. The van der Waals surface area contributed by atoms with Gasteiger partial charge in [0.05, 0.1) is 5.41 Å². The lowest BCUT2D eigenvalue weighted by Gasteiger charge is -2.53. The lowest BCUT2D eigenvalue weighted by molar-refractivity contribution is -0.328. The number of carbonyl (C=O) groups is 1. The maximum Gasteiger partial charge on any atom is 0.256 e. The zero-order chi connectivity index (χ0) is 10.9. The number of nitrogens with zero attached hydrogens (tertiary/aromatic N) is 1. The van der Waals surface area contributed by atoms with Crippen molar-refractivity contribution >= 4 is 21.8 Å². The molecule has 7 aliphatic rings. The Morgan fingerprint density at radius 3 is 3.00 bits per heavy atom. The number of hydrogen-bond acceptors (Lipinski definition) is 3. The second kappa shape index (κ2) is 1.88. The highest BCUT2D eigenvalue weighted by atomic mass is 79.9. The number of rotatable bonds is 0. The molecule has 16 heavy (non-hydrogen) atoms. The molecule has 4 atom stereocenters. The third kappa shape index (κ3) is 0.476. The van der Waals surface area contributed by atoms with Crippen molar-refractivity contribution < 1.29 is 14.4 Å². The highest BCUT2D eigenvalue weighted by Gasteiger charge is 2.90. The Bertz CT molecular complexity index is 553. The Morgan fingerprint density at radius 2 is 2.38 bits per heavy atom. The normalized spacial score (nSPS) is 54.2. The fourth-order valence-electron chi connectivity index (χ4n) is 3.81. The third-order valence-corrected chi connectivity index (χ3v) is 5.49. The van der Waals surface area contributed by atoms with Gasteiger partial charge < -0.3 is 4.74 Å². The topological polar surface area (TPSA) is 38.8 Å². The average Bonchev–Trinajstić information content (AvgIpc) is 2.79. The van der Waals surface area contributed by atoms with E-state index in [1.165, 1.54) is 5.06 Å². The molecule has 3 saturated heterocycles. The van der Waals surface area contributed by atoms with Gasteiger partial charge in [-0.2, -0.15) is 0 Å². The van der Waals surface area contributed by atoms with Crippen molar-refractivity contribution in [3.8, 4) is 0 Å². The van der Waals surface area contributed by atoms with Crippen LogP contribution in [0.5, 0.6) is 0 Å².